The van der Waals surface area contributed by atoms with Crippen molar-refractivity contribution in [3.63, 3.8) is 0 Å². The van der Waals surface area contributed by atoms with E-state index >= 15 is 0 Å². The van der Waals surface area contributed by atoms with Crippen molar-refractivity contribution in [2.24, 2.45) is 0 Å². The number of anilines is 1. The summed E-state index contributed by atoms with van der Waals surface area (Å²) in [5.74, 6) is 0.241. The summed E-state index contributed by atoms with van der Waals surface area (Å²) in [4.78, 5) is 12.6. The highest BCUT2D eigenvalue weighted by atomic mass is 35.5. The number of halogens is 3. The van der Waals surface area contributed by atoms with Gasteiger partial charge in [-0.2, -0.15) is 5.10 Å². The van der Waals surface area contributed by atoms with Crippen molar-refractivity contribution >= 4 is 34.9 Å². The van der Waals surface area contributed by atoms with Crippen molar-refractivity contribution in [3.05, 3.63) is 112 Å². The highest BCUT2D eigenvalue weighted by Crippen LogP contribution is 2.22. The maximum absolute atomic E-state index is 13.4. The molecule has 3 aromatic carbocycles. The first-order valence-electron chi connectivity index (χ1n) is 9.72. The molecule has 5 nitrogen and oxygen atoms in total. The molecule has 0 saturated heterocycles. The molecular formula is C24H18Cl2FN3O2. The molecule has 32 heavy (non-hydrogen) atoms. The van der Waals surface area contributed by atoms with Crippen molar-refractivity contribution in [2.75, 3.05) is 5.32 Å². The minimum Gasteiger partial charge on any atom is -0.489 e. The number of hydrogen-bond acceptors (Lipinski definition) is 3. The monoisotopic (exact) mass is 469 g/mol. The van der Waals surface area contributed by atoms with Crippen LogP contribution in [0.5, 0.6) is 5.75 Å². The summed E-state index contributed by atoms with van der Waals surface area (Å²) >= 11 is 12.2. The Hall–Kier alpha value is -3.35. The van der Waals surface area contributed by atoms with E-state index in [1.807, 2.05) is 24.3 Å². The maximum atomic E-state index is 13.4. The van der Waals surface area contributed by atoms with E-state index in [-0.39, 0.29) is 17.5 Å². The van der Waals surface area contributed by atoms with Crippen molar-refractivity contribution in [3.8, 4) is 5.75 Å². The van der Waals surface area contributed by atoms with E-state index in [1.54, 1.807) is 47.3 Å². The van der Waals surface area contributed by atoms with Gasteiger partial charge in [-0.1, -0.05) is 53.5 Å². The van der Waals surface area contributed by atoms with Crippen LogP contribution in [0, 0.1) is 5.82 Å². The van der Waals surface area contributed by atoms with Crippen molar-refractivity contribution in [1.82, 2.24) is 9.78 Å². The molecule has 0 aliphatic heterocycles. The van der Waals surface area contributed by atoms with E-state index in [2.05, 4.69) is 10.4 Å². The number of nitrogens with one attached hydrogen (secondary N) is 1. The Kier molecular flexibility index (Phi) is 6.73. The molecule has 1 aromatic heterocycles. The van der Waals surface area contributed by atoms with Gasteiger partial charge < -0.3 is 10.1 Å². The maximum Gasteiger partial charge on any atom is 0.256 e. The number of carbonyl (C=O) groups is 1. The van der Waals surface area contributed by atoms with Crippen LogP contribution in [0.1, 0.15) is 21.5 Å². The fourth-order valence-corrected chi connectivity index (χ4v) is 3.42. The lowest BCUT2D eigenvalue weighted by atomic mass is 10.1. The molecule has 8 heteroatoms. The Morgan fingerprint density at radius 1 is 1.00 bits per heavy atom. The van der Waals surface area contributed by atoms with Crippen LogP contribution in [0.2, 0.25) is 10.0 Å². The summed E-state index contributed by atoms with van der Waals surface area (Å²) in [5, 5.41) is 7.89. The average Bonchev–Trinajstić information content (AvgIpc) is 3.11. The van der Waals surface area contributed by atoms with Gasteiger partial charge in [-0.25, -0.2) is 4.39 Å². The van der Waals surface area contributed by atoms with E-state index in [9.17, 15) is 9.18 Å². The standard InChI is InChI=1S/C24H18Cl2FN3O2/c25-19-4-2-6-21(12-19)32-15-16-7-9-18(10-8-16)24(31)28-23-22(26)14-30(29-23)13-17-3-1-5-20(27)11-17/h1-12,14H,13,15H2,(H,28,29,31). The topological polar surface area (TPSA) is 56.2 Å². The van der Waals surface area contributed by atoms with Crippen LogP contribution in [0.15, 0.2) is 79.0 Å². The first-order chi connectivity index (χ1) is 15.5. The van der Waals surface area contributed by atoms with Crippen LogP contribution in [-0.2, 0) is 13.2 Å². The molecule has 0 atom stereocenters. The van der Waals surface area contributed by atoms with Crippen LogP contribution in [0.4, 0.5) is 10.2 Å². The first-order valence-corrected chi connectivity index (χ1v) is 10.5. The Bertz CT molecular complexity index is 1240. The second-order valence-electron chi connectivity index (χ2n) is 7.05. The minimum absolute atomic E-state index is 0.237. The van der Waals surface area contributed by atoms with Gasteiger partial charge in [0.1, 0.15) is 23.2 Å². The van der Waals surface area contributed by atoms with E-state index < -0.39 is 0 Å². The Labute approximate surface area is 194 Å². The minimum atomic E-state index is -0.342. The summed E-state index contributed by atoms with van der Waals surface area (Å²) in [6.07, 6.45) is 1.58. The van der Waals surface area contributed by atoms with E-state index in [0.29, 0.717) is 34.5 Å². The van der Waals surface area contributed by atoms with Gasteiger partial charge >= 0.3 is 0 Å². The van der Waals surface area contributed by atoms with Crippen LogP contribution < -0.4 is 10.1 Å². The summed E-state index contributed by atoms with van der Waals surface area (Å²) in [6.45, 7) is 0.674. The highest BCUT2D eigenvalue weighted by molar-refractivity contribution is 6.33. The number of amides is 1. The molecular weight excluding hydrogens is 452 g/mol. The number of hydrogen-bond donors (Lipinski definition) is 1. The fraction of sp³-hybridized carbons (Fsp3) is 0.0833. The molecule has 162 valence electrons. The van der Waals surface area contributed by atoms with E-state index in [1.165, 1.54) is 12.1 Å². The van der Waals surface area contributed by atoms with Gasteiger partial charge in [-0.3, -0.25) is 9.48 Å². The Morgan fingerprint density at radius 3 is 2.53 bits per heavy atom. The van der Waals surface area contributed by atoms with Gasteiger partial charge in [0.05, 0.1) is 6.54 Å². The lowest BCUT2D eigenvalue weighted by molar-refractivity contribution is 0.102. The zero-order chi connectivity index (χ0) is 22.5. The van der Waals surface area contributed by atoms with Gasteiger partial charge in [0, 0.05) is 16.8 Å². The Morgan fingerprint density at radius 2 is 1.78 bits per heavy atom. The lowest BCUT2D eigenvalue weighted by Crippen LogP contribution is -2.13. The largest absolute Gasteiger partial charge is 0.489 e. The molecule has 1 amide bonds. The zero-order valence-corrected chi connectivity index (χ0v) is 18.3. The first kappa shape index (κ1) is 21.9. The molecule has 0 bridgehead atoms. The van der Waals surface area contributed by atoms with Crippen LogP contribution >= 0.6 is 23.2 Å². The number of nitrogens with zero attached hydrogens (tertiary/aromatic N) is 2. The molecule has 4 rings (SSSR count). The second-order valence-corrected chi connectivity index (χ2v) is 7.89. The normalized spacial score (nSPS) is 10.7. The van der Waals surface area contributed by atoms with Gasteiger partial charge in [-0.05, 0) is 53.6 Å². The fourth-order valence-electron chi connectivity index (χ4n) is 3.04. The number of aromatic nitrogens is 2. The third-order valence-electron chi connectivity index (χ3n) is 4.60. The van der Waals surface area contributed by atoms with Gasteiger partial charge in [0.15, 0.2) is 5.82 Å². The number of rotatable bonds is 7. The molecule has 1 heterocycles. The van der Waals surface area contributed by atoms with Gasteiger partial charge in [0.25, 0.3) is 5.91 Å². The number of carbonyl (C=O) groups excluding carboxylic acids is 1. The van der Waals surface area contributed by atoms with Crippen LogP contribution in [0.25, 0.3) is 0 Å². The predicted octanol–water partition coefficient (Wildman–Crippen LogP) is 6.21. The number of benzene rings is 3. The molecule has 0 aliphatic carbocycles. The van der Waals surface area contributed by atoms with Crippen molar-refractivity contribution in [1.29, 1.82) is 0 Å². The lowest BCUT2D eigenvalue weighted by Gasteiger charge is -2.08. The third kappa shape index (κ3) is 5.66. The average molecular weight is 470 g/mol. The molecule has 4 aromatic rings. The predicted molar refractivity (Wildman–Crippen MR) is 123 cm³/mol. The molecule has 0 radical (unpaired) electrons. The SMILES string of the molecule is O=C(Nc1nn(Cc2cccc(F)c2)cc1Cl)c1ccc(COc2cccc(Cl)c2)cc1. The number of ether oxygens (including phenoxy) is 1. The quantitative estimate of drug-likeness (QED) is 0.350. The third-order valence-corrected chi connectivity index (χ3v) is 5.11. The smallest absolute Gasteiger partial charge is 0.256 e. The molecule has 1 N–H and O–H groups in total. The van der Waals surface area contributed by atoms with Crippen molar-refractivity contribution in [2.45, 2.75) is 13.2 Å². The van der Waals surface area contributed by atoms with Gasteiger partial charge in [-0.15, -0.1) is 0 Å². The van der Waals surface area contributed by atoms with Gasteiger partial charge in [0.2, 0.25) is 0 Å². The molecule has 0 fully saturated rings. The summed E-state index contributed by atoms with van der Waals surface area (Å²) in [7, 11) is 0. The molecule has 0 unspecified atom stereocenters. The van der Waals surface area contributed by atoms with E-state index in [0.717, 1.165) is 11.1 Å². The summed E-state index contributed by atoms with van der Waals surface area (Å²) in [6, 6.07) is 20.4. The molecule has 0 aliphatic rings. The second kappa shape index (κ2) is 9.85. The molecule has 0 spiro atoms. The van der Waals surface area contributed by atoms with E-state index in [4.69, 9.17) is 27.9 Å². The van der Waals surface area contributed by atoms with Crippen LogP contribution in [-0.4, -0.2) is 15.7 Å². The molecule has 0 saturated carbocycles. The van der Waals surface area contributed by atoms with Crippen LogP contribution in [0.3, 0.4) is 0 Å². The highest BCUT2D eigenvalue weighted by Gasteiger charge is 2.13. The Balaban J connectivity index is 1.37. The summed E-state index contributed by atoms with van der Waals surface area (Å²) < 4.78 is 20.6. The summed E-state index contributed by atoms with van der Waals surface area (Å²) in [5.41, 5.74) is 2.09. The van der Waals surface area contributed by atoms with Crippen molar-refractivity contribution < 1.29 is 13.9 Å². The zero-order valence-electron chi connectivity index (χ0n) is 16.8.